The fraction of sp³-hybridized carbons (Fsp3) is 0.625. The van der Waals surface area contributed by atoms with E-state index in [9.17, 15) is 9.59 Å². The van der Waals surface area contributed by atoms with E-state index in [1.165, 1.54) is 16.3 Å². The largest absolute Gasteiger partial charge is 0.343 e. The molecule has 6 heteroatoms. The summed E-state index contributed by atoms with van der Waals surface area (Å²) in [6.07, 6.45) is 0.522. The quantitative estimate of drug-likeness (QED) is 0.733. The Labute approximate surface area is 85.9 Å². The number of aromatic amines is 1. The third-order valence-electron chi connectivity index (χ3n) is 1.80. The average Bonchev–Trinajstić information content (AvgIpc) is 2.55. The number of H-pyrrole nitrogens is 1. The highest BCUT2D eigenvalue weighted by Gasteiger charge is 2.08. The summed E-state index contributed by atoms with van der Waals surface area (Å²) in [5.74, 6) is 0.536. The number of hydrogen-bond donors (Lipinski definition) is 1. The first-order chi connectivity index (χ1) is 6.69. The summed E-state index contributed by atoms with van der Waals surface area (Å²) >= 11 is 1.30. The fourth-order valence-corrected chi connectivity index (χ4v) is 1.91. The maximum Gasteiger partial charge on any atom is 0.343 e. The van der Waals surface area contributed by atoms with Crippen molar-refractivity contribution in [2.24, 2.45) is 0 Å². The Hall–Kier alpha value is -1.04. The van der Waals surface area contributed by atoms with Crippen molar-refractivity contribution in [2.75, 3.05) is 5.75 Å². The summed E-state index contributed by atoms with van der Waals surface area (Å²) in [4.78, 5) is 22.2. The van der Waals surface area contributed by atoms with Crippen molar-refractivity contribution < 1.29 is 4.79 Å². The minimum absolute atomic E-state index is 0.160. The predicted molar refractivity (Wildman–Crippen MR) is 54.5 cm³/mol. The Bertz CT molecular complexity index is 369. The lowest BCUT2D eigenvalue weighted by Crippen LogP contribution is -2.16. The molecule has 1 rings (SSSR count). The van der Waals surface area contributed by atoms with Gasteiger partial charge in [0, 0.05) is 13.0 Å². The van der Waals surface area contributed by atoms with E-state index in [2.05, 4.69) is 10.2 Å². The lowest BCUT2D eigenvalue weighted by molar-refractivity contribution is -0.116. The van der Waals surface area contributed by atoms with Crippen LogP contribution in [0.2, 0.25) is 0 Å². The standard InChI is InChI=1S/C8H13N3O2S/c1-3-6(12)5-14-8-10-9-7(13)11(8)4-2/h3-5H2,1-2H3,(H,9,13). The molecule has 1 heterocycles. The van der Waals surface area contributed by atoms with E-state index in [0.717, 1.165) is 0 Å². The molecule has 0 radical (unpaired) electrons. The second kappa shape index (κ2) is 4.99. The van der Waals surface area contributed by atoms with Gasteiger partial charge >= 0.3 is 5.69 Å². The first kappa shape index (κ1) is 11.0. The molecule has 0 aliphatic carbocycles. The summed E-state index contributed by atoms with van der Waals surface area (Å²) in [5, 5.41) is 6.77. The highest BCUT2D eigenvalue weighted by atomic mass is 32.2. The number of carbonyl (C=O) groups excluding carboxylic acids is 1. The molecule has 1 aromatic heterocycles. The zero-order valence-corrected chi connectivity index (χ0v) is 9.06. The van der Waals surface area contributed by atoms with E-state index in [1.54, 1.807) is 0 Å². The van der Waals surface area contributed by atoms with Gasteiger partial charge in [-0.2, -0.15) is 0 Å². The minimum Gasteiger partial charge on any atom is -0.299 e. The fourth-order valence-electron chi connectivity index (χ4n) is 0.939. The molecule has 1 aromatic rings. The van der Waals surface area contributed by atoms with E-state index in [-0.39, 0.29) is 11.5 Å². The normalized spacial score (nSPS) is 10.4. The Morgan fingerprint density at radius 3 is 2.86 bits per heavy atom. The topological polar surface area (TPSA) is 67.8 Å². The van der Waals surface area contributed by atoms with Crippen molar-refractivity contribution >= 4 is 17.5 Å². The molecule has 78 valence electrons. The van der Waals surface area contributed by atoms with Gasteiger partial charge in [-0.3, -0.25) is 9.36 Å². The smallest absolute Gasteiger partial charge is 0.299 e. The lowest BCUT2D eigenvalue weighted by atomic mass is 10.4. The highest BCUT2D eigenvalue weighted by molar-refractivity contribution is 7.99. The molecule has 0 saturated heterocycles. The van der Waals surface area contributed by atoms with Gasteiger partial charge in [0.15, 0.2) is 5.16 Å². The van der Waals surface area contributed by atoms with Crippen LogP contribution in [-0.4, -0.2) is 26.3 Å². The van der Waals surface area contributed by atoms with Crippen molar-refractivity contribution in [1.82, 2.24) is 14.8 Å². The van der Waals surface area contributed by atoms with Crippen LogP contribution in [0.1, 0.15) is 20.3 Å². The van der Waals surface area contributed by atoms with Gasteiger partial charge in [0.05, 0.1) is 5.75 Å². The van der Waals surface area contributed by atoms with E-state index < -0.39 is 0 Å². The second-order valence-corrected chi connectivity index (χ2v) is 3.68. The third kappa shape index (κ3) is 2.47. The molecule has 0 unspecified atom stereocenters. The average molecular weight is 215 g/mol. The molecule has 0 spiro atoms. The molecule has 14 heavy (non-hydrogen) atoms. The molecule has 0 atom stereocenters. The highest BCUT2D eigenvalue weighted by Crippen LogP contribution is 2.13. The maximum absolute atomic E-state index is 11.1. The Morgan fingerprint density at radius 1 is 1.57 bits per heavy atom. The Morgan fingerprint density at radius 2 is 2.29 bits per heavy atom. The summed E-state index contributed by atoms with van der Waals surface area (Å²) in [6, 6.07) is 0. The maximum atomic E-state index is 11.1. The van der Waals surface area contributed by atoms with Crippen molar-refractivity contribution in [3.8, 4) is 0 Å². The Kier molecular flexibility index (Phi) is 3.94. The van der Waals surface area contributed by atoms with Gasteiger partial charge in [-0.05, 0) is 6.92 Å². The van der Waals surface area contributed by atoms with E-state index >= 15 is 0 Å². The molecular formula is C8H13N3O2S. The number of rotatable bonds is 5. The third-order valence-corrected chi connectivity index (χ3v) is 2.83. The predicted octanol–water partition coefficient (Wildman–Crippen LogP) is 0.662. The van der Waals surface area contributed by atoms with Crippen molar-refractivity contribution in [1.29, 1.82) is 0 Å². The summed E-state index contributed by atoms with van der Waals surface area (Å²) in [6.45, 7) is 4.25. The number of carbonyl (C=O) groups is 1. The molecule has 1 N–H and O–H groups in total. The van der Waals surface area contributed by atoms with Crippen LogP contribution in [0.15, 0.2) is 9.95 Å². The SMILES string of the molecule is CCC(=O)CSc1n[nH]c(=O)n1CC. The number of hydrogen-bond acceptors (Lipinski definition) is 4. The Balaban J connectivity index is 2.67. The van der Waals surface area contributed by atoms with E-state index in [4.69, 9.17) is 0 Å². The van der Waals surface area contributed by atoms with Crippen LogP contribution in [0, 0.1) is 0 Å². The molecule has 0 aliphatic heterocycles. The zero-order chi connectivity index (χ0) is 10.6. The first-order valence-electron chi connectivity index (χ1n) is 4.48. The molecule has 0 aliphatic rings. The molecule has 0 fully saturated rings. The number of nitrogens with one attached hydrogen (secondary N) is 1. The molecule has 0 saturated carbocycles. The van der Waals surface area contributed by atoms with Crippen LogP contribution in [0.4, 0.5) is 0 Å². The first-order valence-corrected chi connectivity index (χ1v) is 5.47. The number of nitrogens with zero attached hydrogens (tertiary/aromatic N) is 2. The van der Waals surface area contributed by atoms with Crippen molar-refractivity contribution in [2.45, 2.75) is 32.0 Å². The van der Waals surface area contributed by atoms with Gasteiger partial charge in [0.25, 0.3) is 0 Å². The van der Waals surface area contributed by atoms with Crippen molar-refractivity contribution in [3.05, 3.63) is 10.5 Å². The van der Waals surface area contributed by atoms with E-state index in [1.807, 2.05) is 13.8 Å². The van der Waals surface area contributed by atoms with Crippen LogP contribution in [0.5, 0.6) is 0 Å². The molecule has 0 amide bonds. The van der Waals surface area contributed by atoms with Gasteiger partial charge in [-0.25, -0.2) is 9.89 Å². The second-order valence-electron chi connectivity index (χ2n) is 2.74. The van der Waals surface area contributed by atoms with Crippen molar-refractivity contribution in [3.63, 3.8) is 0 Å². The summed E-state index contributed by atoms with van der Waals surface area (Å²) in [5.41, 5.74) is -0.223. The number of aromatic nitrogens is 3. The van der Waals surface area contributed by atoms with E-state index in [0.29, 0.717) is 23.9 Å². The van der Waals surface area contributed by atoms with Gasteiger partial charge < -0.3 is 0 Å². The molecule has 0 bridgehead atoms. The minimum atomic E-state index is -0.223. The van der Waals surface area contributed by atoms with Crippen LogP contribution >= 0.6 is 11.8 Å². The van der Waals surface area contributed by atoms with Gasteiger partial charge in [0.2, 0.25) is 0 Å². The number of thioether (sulfide) groups is 1. The van der Waals surface area contributed by atoms with Gasteiger partial charge in [0.1, 0.15) is 5.78 Å². The monoisotopic (exact) mass is 215 g/mol. The molecule has 5 nitrogen and oxygen atoms in total. The van der Waals surface area contributed by atoms with Crippen LogP contribution in [-0.2, 0) is 11.3 Å². The summed E-state index contributed by atoms with van der Waals surface area (Å²) in [7, 11) is 0. The lowest BCUT2D eigenvalue weighted by Gasteiger charge is -1.99. The number of ketones is 1. The zero-order valence-electron chi connectivity index (χ0n) is 8.24. The van der Waals surface area contributed by atoms with Gasteiger partial charge in [-0.15, -0.1) is 5.10 Å². The van der Waals surface area contributed by atoms with Crippen LogP contribution < -0.4 is 5.69 Å². The molecular weight excluding hydrogens is 202 g/mol. The number of Topliss-reactive ketones (excluding diaryl/α,β-unsaturated/α-hetero) is 1. The van der Waals surface area contributed by atoms with Crippen LogP contribution in [0.25, 0.3) is 0 Å². The molecule has 0 aromatic carbocycles. The van der Waals surface area contributed by atoms with Gasteiger partial charge in [-0.1, -0.05) is 18.7 Å². The van der Waals surface area contributed by atoms with Crippen LogP contribution in [0.3, 0.4) is 0 Å². The summed E-state index contributed by atoms with van der Waals surface area (Å²) < 4.78 is 1.51.